The van der Waals surface area contributed by atoms with Crippen molar-refractivity contribution in [3.63, 3.8) is 0 Å². The topological polar surface area (TPSA) is 63.4 Å². The Hall–Kier alpha value is -1.20. The van der Waals surface area contributed by atoms with Crippen LogP contribution in [0.5, 0.6) is 0 Å². The van der Waals surface area contributed by atoms with Crippen molar-refractivity contribution in [3.8, 4) is 0 Å². The number of carbonyl (C=O) groups excluding carboxylic acids is 1. The van der Waals surface area contributed by atoms with E-state index in [0.717, 1.165) is 11.3 Å². The normalized spacial score (nSPS) is 12.1. The van der Waals surface area contributed by atoms with E-state index in [1.807, 2.05) is 30.3 Å². The number of rotatable bonds is 7. The van der Waals surface area contributed by atoms with E-state index >= 15 is 0 Å². The van der Waals surface area contributed by atoms with Crippen molar-refractivity contribution in [2.24, 2.45) is 5.73 Å². The number of benzene rings is 1. The molecule has 0 heterocycles. The maximum absolute atomic E-state index is 11.9. The largest absolute Gasteiger partial charge is 0.346 e. The van der Waals surface area contributed by atoms with Gasteiger partial charge < -0.3 is 10.6 Å². The molecular weight excluding hydrogens is 248 g/mol. The van der Waals surface area contributed by atoms with E-state index in [1.165, 1.54) is 0 Å². The van der Waals surface area contributed by atoms with Gasteiger partial charge in [0.15, 0.2) is 0 Å². The zero-order chi connectivity index (χ0) is 13.4. The van der Waals surface area contributed by atoms with E-state index in [2.05, 4.69) is 0 Å². The van der Waals surface area contributed by atoms with Gasteiger partial charge in [0, 0.05) is 30.7 Å². The van der Waals surface area contributed by atoms with Gasteiger partial charge in [-0.25, -0.2) is 0 Å². The zero-order valence-electron chi connectivity index (χ0n) is 10.7. The molecule has 0 bridgehead atoms. The summed E-state index contributed by atoms with van der Waals surface area (Å²) in [6, 6.07) is 9.22. The van der Waals surface area contributed by atoms with Crippen molar-refractivity contribution < 1.29 is 9.00 Å². The third-order valence-corrected chi connectivity index (χ3v) is 4.00. The van der Waals surface area contributed by atoms with Gasteiger partial charge in [-0.2, -0.15) is 0 Å². The van der Waals surface area contributed by atoms with Crippen LogP contribution in [0.3, 0.4) is 0 Å². The summed E-state index contributed by atoms with van der Waals surface area (Å²) in [6.45, 7) is 1.24. The molecule has 4 nitrogen and oxygen atoms in total. The Balaban J connectivity index is 2.36. The lowest BCUT2D eigenvalue weighted by molar-refractivity contribution is -0.129. The number of nitrogens with two attached hydrogens (primary N) is 1. The second-order valence-electron chi connectivity index (χ2n) is 4.07. The van der Waals surface area contributed by atoms with E-state index in [9.17, 15) is 9.00 Å². The fourth-order valence-corrected chi connectivity index (χ4v) is 2.57. The summed E-state index contributed by atoms with van der Waals surface area (Å²) in [6.07, 6.45) is 1.10. The highest BCUT2D eigenvalue weighted by molar-refractivity contribution is 7.85. The van der Waals surface area contributed by atoms with Crippen molar-refractivity contribution in [3.05, 3.63) is 30.3 Å². The molecule has 1 rings (SSSR count). The van der Waals surface area contributed by atoms with Gasteiger partial charge >= 0.3 is 0 Å². The Bertz CT molecular complexity index is 395. The van der Waals surface area contributed by atoms with E-state index < -0.39 is 10.8 Å². The third-order valence-electron chi connectivity index (χ3n) is 2.63. The smallest absolute Gasteiger partial charge is 0.223 e. The minimum Gasteiger partial charge on any atom is -0.346 e. The van der Waals surface area contributed by atoms with Crippen LogP contribution in [-0.2, 0) is 15.6 Å². The molecule has 100 valence electrons. The minimum atomic E-state index is -1.10. The van der Waals surface area contributed by atoms with Gasteiger partial charge in [0.1, 0.15) is 0 Å². The van der Waals surface area contributed by atoms with Crippen LogP contribution in [0, 0.1) is 0 Å². The number of nitrogens with zero attached hydrogens (tertiary/aromatic N) is 1. The number of amides is 1. The maximum Gasteiger partial charge on any atom is 0.223 e. The summed E-state index contributed by atoms with van der Waals surface area (Å²) < 4.78 is 11.9. The molecule has 0 saturated carbocycles. The molecule has 0 aliphatic heterocycles. The lowest BCUT2D eigenvalue weighted by Crippen LogP contribution is -2.29. The van der Waals surface area contributed by atoms with Crippen LogP contribution in [0.4, 0.5) is 0 Å². The van der Waals surface area contributed by atoms with Gasteiger partial charge in [-0.15, -0.1) is 0 Å². The molecule has 1 amide bonds. The van der Waals surface area contributed by atoms with Gasteiger partial charge in [0.25, 0.3) is 0 Å². The van der Waals surface area contributed by atoms with Gasteiger partial charge in [0.2, 0.25) is 5.91 Å². The van der Waals surface area contributed by atoms with Gasteiger partial charge in [-0.3, -0.25) is 9.00 Å². The summed E-state index contributed by atoms with van der Waals surface area (Å²) in [5.41, 5.74) is 5.39. The molecular formula is C13H20N2O2S. The van der Waals surface area contributed by atoms with Crippen LogP contribution < -0.4 is 5.73 Å². The first-order valence-corrected chi connectivity index (χ1v) is 7.34. The molecule has 2 N–H and O–H groups in total. The summed E-state index contributed by atoms with van der Waals surface area (Å²) in [5, 5.41) is 0. The van der Waals surface area contributed by atoms with Crippen molar-refractivity contribution in [1.29, 1.82) is 0 Å². The molecule has 18 heavy (non-hydrogen) atoms. The Morgan fingerprint density at radius 1 is 1.33 bits per heavy atom. The SMILES string of the molecule is CN(CCCN)C(=O)CCS(=O)c1ccccc1. The molecule has 5 heteroatoms. The first kappa shape index (κ1) is 14.9. The van der Waals surface area contributed by atoms with E-state index in [0.29, 0.717) is 25.3 Å². The van der Waals surface area contributed by atoms with E-state index in [1.54, 1.807) is 11.9 Å². The highest BCUT2D eigenvalue weighted by Crippen LogP contribution is 2.07. The van der Waals surface area contributed by atoms with Crippen LogP contribution in [-0.4, -0.2) is 40.9 Å². The van der Waals surface area contributed by atoms with Crippen LogP contribution in [0.15, 0.2) is 35.2 Å². The number of hydrogen-bond acceptors (Lipinski definition) is 3. The van der Waals surface area contributed by atoms with Crippen molar-refractivity contribution >= 4 is 16.7 Å². The molecule has 1 unspecified atom stereocenters. The molecule has 0 aromatic heterocycles. The Morgan fingerprint density at radius 3 is 2.61 bits per heavy atom. The summed E-state index contributed by atoms with van der Waals surface area (Å²) in [5.74, 6) is 0.392. The summed E-state index contributed by atoms with van der Waals surface area (Å²) in [4.78, 5) is 14.2. The zero-order valence-corrected chi connectivity index (χ0v) is 11.5. The molecule has 0 spiro atoms. The first-order chi connectivity index (χ1) is 8.65. The average Bonchev–Trinajstić information content (AvgIpc) is 2.42. The van der Waals surface area contributed by atoms with Crippen LogP contribution in [0.1, 0.15) is 12.8 Å². The molecule has 0 aliphatic rings. The highest BCUT2D eigenvalue weighted by Gasteiger charge is 2.11. The van der Waals surface area contributed by atoms with Crippen molar-refractivity contribution in [2.45, 2.75) is 17.7 Å². The van der Waals surface area contributed by atoms with Gasteiger partial charge in [-0.05, 0) is 25.1 Å². The summed E-state index contributed by atoms with van der Waals surface area (Å²) >= 11 is 0. The lowest BCUT2D eigenvalue weighted by Gasteiger charge is -2.16. The van der Waals surface area contributed by atoms with Gasteiger partial charge in [0.05, 0.1) is 10.8 Å². The van der Waals surface area contributed by atoms with Crippen LogP contribution in [0.25, 0.3) is 0 Å². The fraction of sp³-hybridized carbons (Fsp3) is 0.462. The Labute approximate surface area is 111 Å². The lowest BCUT2D eigenvalue weighted by atomic mass is 10.3. The van der Waals surface area contributed by atoms with Crippen molar-refractivity contribution in [2.75, 3.05) is 25.9 Å². The summed E-state index contributed by atoms with van der Waals surface area (Å²) in [7, 11) is 0.655. The van der Waals surface area contributed by atoms with E-state index in [4.69, 9.17) is 5.73 Å². The average molecular weight is 268 g/mol. The second kappa shape index (κ2) is 8.00. The standard InChI is InChI=1S/C13H20N2O2S/c1-15(10-5-9-14)13(16)8-11-18(17)12-6-3-2-4-7-12/h2-4,6-7H,5,8-11,14H2,1H3. The Morgan fingerprint density at radius 2 is 2.00 bits per heavy atom. The van der Waals surface area contributed by atoms with Crippen LogP contribution >= 0.6 is 0 Å². The quantitative estimate of drug-likeness (QED) is 0.802. The number of hydrogen-bond donors (Lipinski definition) is 1. The molecule has 0 aliphatic carbocycles. The molecule has 0 fully saturated rings. The first-order valence-electron chi connectivity index (χ1n) is 6.02. The van der Waals surface area contributed by atoms with Gasteiger partial charge in [-0.1, -0.05) is 18.2 Å². The van der Waals surface area contributed by atoms with Crippen LogP contribution in [0.2, 0.25) is 0 Å². The molecule has 1 aromatic rings. The molecule has 0 radical (unpaired) electrons. The van der Waals surface area contributed by atoms with E-state index in [-0.39, 0.29) is 5.91 Å². The minimum absolute atomic E-state index is 0.0210. The molecule has 1 aromatic carbocycles. The van der Waals surface area contributed by atoms with Crippen molar-refractivity contribution in [1.82, 2.24) is 4.90 Å². The number of carbonyl (C=O) groups is 1. The molecule has 1 atom stereocenters. The predicted octanol–water partition coefficient (Wildman–Crippen LogP) is 0.991. The Kier molecular flexibility index (Phi) is 6.60. The third kappa shape index (κ3) is 4.98. The molecule has 0 saturated heterocycles. The highest BCUT2D eigenvalue weighted by atomic mass is 32.2. The monoisotopic (exact) mass is 268 g/mol. The maximum atomic E-state index is 11.9. The fourth-order valence-electron chi connectivity index (χ4n) is 1.51. The predicted molar refractivity (Wildman–Crippen MR) is 73.6 cm³/mol. The second-order valence-corrected chi connectivity index (χ2v) is 5.64.